The zero-order valence-electron chi connectivity index (χ0n) is 10.3. The van der Waals surface area contributed by atoms with Gasteiger partial charge in [-0.05, 0) is 25.1 Å². The number of nitrogens with zero attached hydrogens (tertiary/aromatic N) is 1. The topological polar surface area (TPSA) is 104 Å². The highest BCUT2D eigenvalue weighted by molar-refractivity contribution is 7.96. The maximum absolute atomic E-state index is 13.2. The molecule has 0 bridgehead atoms. The summed E-state index contributed by atoms with van der Waals surface area (Å²) in [5.74, 6) is -2.69. The molecule has 0 aliphatic heterocycles. The number of ether oxygens (including phenoxy) is 1. The van der Waals surface area contributed by atoms with Crippen LogP contribution in [0.1, 0.15) is 12.5 Å². The molecule has 0 saturated heterocycles. The number of sulfone groups is 1. The van der Waals surface area contributed by atoms with Crippen LogP contribution in [0.4, 0.5) is 4.39 Å². The van der Waals surface area contributed by atoms with Crippen LogP contribution < -0.4 is 0 Å². The van der Waals surface area contributed by atoms with Crippen LogP contribution in [0, 0.1) is 17.1 Å². The fourth-order valence-electron chi connectivity index (χ4n) is 1.30. The average Bonchev–Trinajstić information content (AvgIpc) is 2.37. The van der Waals surface area contributed by atoms with E-state index in [1.807, 2.05) is 0 Å². The molecule has 1 rings (SSSR count). The van der Waals surface area contributed by atoms with Gasteiger partial charge in [0.1, 0.15) is 12.1 Å². The van der Waals surface area contributed by atoms with Gasteiger partial charge in [0.05, 0.1) is 23.1 Å². The predicted molar refractivity (Wildman–Crippen MR) is 65.6 cm³/mol. The summed E-state index contributed by atoms with van der Waals surface area (Å²) >= 11 is 0. The quantitative estimate of drug-likeness (QED) is 0.651. The molecule has 1 aromatic rings. The van der Waals surface area contributed by atoms with E-state index < -0.39 is 31.4 Å². The molecule has 0 aliphatic rings. The average molecular weight is 299 g/mol. The molecule has 0 aliphatic carbocycles. The van der Waals surface area contributed by atoms with Crippen LogP contribution in [-0.4, -0.2) is 26.1 Å². The minimum Gasteiger partial charge on any atom is -0.500 e. The minimum absolute atomic E-state index is 0.0683. The van der Waals surface area contributed by atoms with Gasteiger partial charge in [-0.15, -0.1) is 0 Å². The zero-order valence-corrected chi connectivity index (χ0v) is 11.1. The molecule has 0 atom stereocenters. The molecule has 0 unspecified atom stereocenters. The lowest BCUT2D eigenvalue weighted by atomic mass is 10.2. The molecular weight excluding hydrogens is 289 g/mol. The van der Waals surface area contributed by atoms with Gasteiger partial charge in [0.2, 0.25) is 9.84 Å². The first-order valence-electron chi connectivity index (χ1n) is 5.33. The Morgan fingerprint density at radius 3 is 2.65 bits per heavy atom. The van der Waals surface area contributed by atoms with E-state index in [-0.39, 0.29) is 12.2 Å². The van der Waals surface area contributed by atoms with Crippen molar-refractivity contribution in [2.45, 2.75) is 11.8 Å². The Kier molecular flexibility index (Phi) is 4.83. The van der Waals surface area contributed by atoms with Gasteiger partial charge in [0.25, 0.3) is 0 Å². The van der Waals surface area contributed by atoms with Crippen LogP contribution >= 0.6 is 0 Å². The number of carboxylic acid groups (broad SMARTS) is 1. The Labute approximate surface area is 114 Å². The predicted octanol–water partition coefficient (Wildman–Crippen LogP) is 1.43. The van der Waals surface area contributed by atoms with Gasteiger partial charge in [-0.25, -0.2) is 17.6 Å². The molecule has 6 nitrogen and oxygen atoms in total. The van der Waals surface area contributed by atoms with Crippen LogP contribution in [0.5, 0.6) is 0 Å². The first-order valence-corrected chi connectivity index (χ1v) is 6.82. The van der Waals surface area contributed by atoms with Gasteiger partial charge in [0.15, 0.2) is 4.91 Å². The molecule has 0 spiro atoms. The molecular formula is C12H10FNO5S. The Bertz CT molecular complexity index is 703. The lowest BCUT2D eigenvalue weighted by Crippen LogP contribution is -2.14. The van der Waals surface area contributed by atoms with Gasteiger partial charge < -0.3 is 9.84 Å². The number of hydrogen-bond acceptors (Lipinski definition) is 5. The number of carbonyl (C=O) groups is 1. The number of benzene rings is 1. The molecule has 20 heavy (non-hydrogen) atoms. The summed E-state index contributed by atoms with van der Waals surface area (Å²) in [5, 5.41) is 17.6. The van der Waals surface area contributed by atoms with E-state index in [1.54, 1.807) is 13.0 Å². The smallest absolute Gasteiger partial charge is 0.350 e. The Morgan fingerprint density at radius 1 is 1.50 bits per heavy atom. The molecule has 0 fully saturated rings. The van der Waals surface area contributed by atoms with Crippen LogP contribution in [0.15, 0.2) is 34.3 Å². The van der Waals surface area contributed by atoms with E-state index in [0.717, 1.165) is 12.1 Å². The summed E-state index contributed by atoms with van der Waals surface area (Å²) in [6.45, 7) is 1.61. The van der Waals surface area contributed by atoms with Crippen molar-refractivity contribution in [3.05, 3.63) is 40.7 Å². The lowest BCUT2D eigenvalue weighted by Gasteiger charge is -2.06. The normalized spacial score (nSPS) is 11.8. The second-order valence-corrected chi connectivity index (χ2v) is 5.45. The molecule has 1 N–H and O–H groups in total. The highest BCUT2D eigenvalue weighted by Crippen LogP contribution is 2.22. The molecule has 8 heteroatoms. The number of hydrogen-bond donors (Lipinski definition) is 1. The monoisotopic (exact) mass is 299 g/mol. The molecule has 106 valence electrons. The highest BCUT2D eigenvalue weighted by atomic mass is 32.2. The van der Waals surface area contributed by atoms with Gasteiger partial charge >= 0.3 is 5.97 Å². The van der Waals surface area contributed by atoms with E-state index in [4.69, 9.17) is 10.4 Å². The molecule has 0 amide bonds. The van der Waals surface area contributed by atoms with E-state index in [2.05, 4.69) is 4.74 Å². The highest BCUT2D eigenvalue weighted by Gasteiger charge is 2.28. The third-order valence-corrected chi connectivity index (χ3v) is 3.87. The summed E-state index contributed by atoms with van der Waals surface area (Å²) in [6, 6.07) is 3.96. The van der Waals surface area contributed by atoms with Crippen molar-refractivity contribution in [2.24, 2.45) is 0 Å². The van der Waals surface area contributed by atoms with Gasteiger partial charge in [-0.2, -0.15) is 5.26 Å². The summed E-state index contributed by atoms with van der Waals surface area (Å²) < 4.78 is 42.1. The fraction of sp³-hybridized carbons (Fsp3) is 0.167. The van der Waals surface area contributed by atoms with Crippen molar-refractivity contribution < 1.29 is 27.4 Å². The van der Waals surface area contributed by atoms with Gasteiger partial charge in [-0.1, -0.05) is 0 Å². The summed E-state index contributed by atoms with van der Waals surface area (Å²) in [5.41, 5.74) is -0.232. The maximum atomic E-state index is 13.2. The van der Waals surface area contributed by atoms with E-state index in [0.29, 0.717) is 12.3 Å². The fourth-order valence-corrected chi connectivity index (χ4v) is 2.53. The number of rotatable bonds is 5. The Morgan fingerprint density at radius 2 is 2.15 bits per heavy atom. The standard InChI is InChI=1S/C12H10FNO5S/c1-2-19-7-11(12(15)16)20(17,18)10-4-8(6-14)3-9(13)5-10/h3-5,7H,2H2,1H3,(H,15,16). The SMILES string of the molecule is CCOC=C(C(=O)O)S(=O)(=O)c1cc(F)cc(C#N)c1. The second-order valence-electron chi connectivity index (χ2n) is 3.53. The molecule has 0 saturated carbocycles. The van der Waals surface area contributed by atoms with Crippen molar-refractivity contribution in [1.29, 1.82) is 5.26 Å². The minimum atomic E-state index is -4.48. The summed E-state index contributed by atoms with van der Waals surface area (Å²) in [4.78, 5) is 9.32. The van der Waals surface area contributed by atoms with E-state index in [9.17, 15) is 17.6 Å². The molecule has 0 aromatic heterocycles. The number of aliphatic carboxylic acids is 1. The maximum Gasteiger partial charge on any atom is 0.350 e. The van der Waals surface area contributed by atoms with Gasteiger partial charge in [-0.3, -0.25) is 0 Å². The van der Waals surface area contributed by atoms with Crippen molar-refractivity contribution in [2.75, 3.05) is 6.61 Å². The second kappa shape index (κ2) is 6.16. The van der Waals surface area contributed by atoms with E-state index in [1.165, 1.54) is 0 Å². The third-order valence-electron chi connectivity index (χ3n) is 2.17. The number of nitriles is 1. The van der Waals surface area contributed by atoms with Crippen LogP contribution in [0.3, 0.4) is 0 Å². The number of carboxylic acids is 1. The first kappa shape index (κ1) is 15.7. The third kappa shape index (κ3) is 3.33. The van der Waals surface area contributed by atoms with E-state index >= 15 is 0 Å². The Balaban J connectivity index is 3.46. The van der Waals surface area contributed by atoms with Crippen LogP contribution in [0.2, 0.25) is 0 Å². The van der Waals surface area contributed by atoms with Crippen LogP contribution in [0.25, 0.3) is 0 Å². The van der Waals surface area contributed by atoms with Gasteiger partial charge in [0, 0.05) is 0 Å². The molecule has 0 heterocycles. The molecule has 1 aromatic carbocycles. The summed E-state index contributed by atoms with van der Waals surface area (Å²) in [6.07, 6.45) is 0.578. The molecule has 0 radical (unpaired) electrons. The summed E-state index contributed by atoms with van der Waals surface area (Å²) in [7, 11) is -4.48. The first-order chi connectivity index (χ1) is 9.32. The van der Waals surface area contributed by atoms with Crippen LogP contribution in [-0.2, 0) is 19.4 Å². The largest absolute Gasteiger partial charge is 0.500 e. The van der Waals surface area contributed by atoms with Crippen molar-refractivity contribution in [1.82, 2.24) is 0 Å². The zero-order chi connectivity index (χ0) is 15.3. The Hall–Kier alpha value is -2.40. The van der Waals surface area contributed by atoms with Crippen molar-refractivity contribution in [3.63, 3.8) is 0 Å². The van der Waals surface area contributed by atoms with Crippen molar-refractivity contribution in [3.8, 4) is 6.07 Å². The lowest BCUT2D eigenvalue weighted by molar-refractivity contribution is -0.132. The number of halogens is 1. The van der Waals surface area contributed by atoms with Crippen molar-refractivity contribution >= 4 is 15.8 Å².